The molecule has 0 bridgehead atoms. The topological polar surface area (TPSA) is 113 Å². The Hall–Kier alpha value is -2.94. The number of aromatic nitrogens is 3. The molecule has 0 aliphatic carbocycles. The maximum atomic E-state index is 11.5. The standard InChI is InChI=1S/C20H30N8O/c1-22-20(24-11-18-25-14-26-27(18)2)23-10-15-5-3-6-16(9-15)12-28-8-4-7-17(13-28)19(21)29/h3,5-6,9,14,17H,4,7-8,10-13H2,1-2H3,(H2,21,29)(H2,22,23,24). The van der Waals surface area contributed by atoms with Crippen LogP contribution in [0.3, 0.4) is 0 Å². The number of hydrogen-bond acceptors (Lipinski definition) is 5. The van der Waals surface area contributed by atoms with Gasteiger partial charge in [-0.1, -0.05) is 24.3 Å². The highest BCUT2D eigenvalue weighted by Crippen LogP contribution is 2.18. The Bertz CT molecular complexity index is 847. The summed E-state index contributed by atoms with van der Waals surface area (Å²) in [6.45, 7) is 3.79. The quantitative estimate of drug-likeness (QED) is 0.459. The zero-order valence-corrected chi connectivity index (χ0v) is 17.1. The molecule has 1 atom stereocenters. The monoisotopic (exact) mass is 398 g/mol. The summed E-state index contributed by atoms with van der Waals surface area (Å²) in [6.07, 6.45) is 3.45. The van der Waals surface area contributed by atoms with E-state index < -0.39 is 0 Å². The van der Waals surface area contributed by atoms with Crippen LogP contribution in [-0.2, 0) is 31.5 Å². The summed E-state index contributed by atoms with van der Waals surface area (Å²) < 4.78 is 1.73. The molecule has 1 aromatic heterocycles. The Morgan fingerprint density at radius 1 is 1.31 bits per heavy atom. The minimum absolute atomic E-state index is 0.0306. The van der Waals surface area contributed by atoms with Gasteiger partial charge in [-0.25, -0.2) is 4.98 Å². The highest BCUT2D eigenvalue weighted by molar-refractivity contribution is 5.79. The van der Waals surface area contributed by atoms with Crippen LogP contribution in [0.15, 0.2) is 35.6 Å². The van der Waals surface area contributed by atoms with E-state index in [1.165, 1.54) is 17.5 Å². The van der Waals surface area contributed by atoms with Gasteiger partial charge in [-0.05, 0) is 30.5 Å². The number of nitrogens with zero attached hydrogens (tertiary/aromatic N) is 5. The molecule has 0 saturated carbocycles. The van der Waals surface area contributed by atoms with Gasteiger partial charge in [0.25, 0.3) is 0 Å². The van der Waals surface area contributed by atoms with Crippen LogP contribution in [0.4, 0.5) is 0 Å². The van der Waals surface area contributed by atoms with E-state index in [1.807, 2.05) is 7.05 Å². The summed E-state index contributed by atoms with van der Waals surface area (Å²) in [5, 5.41) is 10.6. The fraction of sp³-hybridized carbons (Fsp3) is 0.500. The zero-order chi connectivity index (χ0) is 20.6. The molecule has 1 saturated heterocycles. The van der Waals surface area contributed by atoms with Gasteiger partial charge in [0, 0.05) is 33.7 Å². The molecule has 9 nitrogen and oxygen atoms in total. The predicted molar refractivity (Wildman–Crippen MR) is 112 cm³/mol. The van der Waals surface area contributed by atoms with Gasteiger partial charge in [0.15, 0.2) is 5.96 Å². The predicted octanol–water partition coefficient (Wildman–Crippen LogP) is 0.378. The first-order valence-electron chi connectivity index (χ1n) is 9.92. The van der Waals surface area contributed by atoms with Gasteiger partial charge in [0.05, 0.1) is 12.5 Å². The number of nitrogens with two attached hydrogens (primary N) is 1. The van der Waals surface area contributed by atoms with E-state index in [0.717, 1.165) is 38.3 Å². The maximum Gasteiger partial charge on any atom is 0.221 e. The van der Waals surface area contributed by atoms with E-state index in [0.29, 0.717) is 19.0 Å². The number of aryl methyl sites for hydroxylation is 1. The van der Waals surface area contributed by atoms with Crippen LogP contribution < -0.4 is 16.4 Å². The molecule has 9 heteroatoms. The molecule has 1 amide bonds. The molecule has 29 heavy (non-hydrogen) atoms. The molecule has 2 aromatic rings. The highest BCUT2D eigenvalue weighted by atomic mass is 16.1. The number of benzene rings is 1. The van der Waals surface area contributed by atoms with Gasteiger partial charge in [-0.3, -0.25) is 19.4 Å². The number of guanidine groups is 1. The van der Waals surface area contributed by atoms with Crippen LogP contribution in [0.2, 0.25) is 0 Å². The van der Waals surface area contributed by atoms with Crippen LogP contribution in [0, 0.1) is 5.92 Å². The maximum absolute atomic E-state index is 11.5. The summed E-state index contributed by atoms with van der Waals surface area (Å²) >= 11 is 0. The summed E-state index contributed by atoms with van der Waals surface area (Å²) in [5.41, 5.74) is 7.90. The van der Waals surface area contributed by atoms with Crippen molar-refractivity contribution in [3.05, 3.63) is 47.5 Å². The van der Waals surface area contributed by atoms with Gasteiger partial charge in [-0.15, -0.1) is 0 Å². The lowest BCUT2D eigenvalue weighted by molar-refractivity contribution is -0.123. The lowest BCUT2D eigenvalue weighted by Gasteiger charge is -2.31. The van der Waals surface area contributed by atoms with Gasteiger partial charge in [0.2, 0.25) is 5.91 Å². The van der Waals surface area contributed by atoms with Crippen LogP contribution in [0.5, 0.6) is 0 Å². The first-order valence-corrected chi connectivity index (χ1v) is 9.92. The number of likely N-dealkylation sites (tertiary alicyclic amines) is 1. The molecule has 4 N–H and O–H groups in total. The number of piperidine rings is 1. The average Bonchev–Trinajstić information content (AvgIpc) is 3.13. The molecule has 3 rings (SSSR count). The van der Waals surface area contributed by atoms with E-state index in [-0.39, 0.29) is 11.8 Å². The van der Waals surface area contributed by atoms with E-state index in [2.05, 4.69) is 54.9 Å². The van der Waals surface area contributed by atoms with E-state index in [1.54, 1.807) is 11.7 Å². The fourth-order valence-corrected chi connectivity index (χ4v) is 3.58. The van der Waals surface area contributed by atoms with Crippen molar-refractivity contribution >= 4 is 11.9 Å². The van der Waals surface area contributed by atoms with Crippen molar-refractivity contribution in [1.29, 1.82) is 0 Å². The molecule has 1 unspecified atom stereocenters. The Balaban J connectivity index is 1.51. The van der Waals surface area contributed by atoms with Gasteiger partial charge in [-0.2, -0.15) is 5.10 Å². The number of hydrogen-bond donors (Lipinski definition) is 3. The number of amides is 1. The van der Waals surface area contributed by atoms with E-state index in [4.69, 9.17) is 5.73 Å². The Labute approximate surface area is 171 Å². The van der Waals surface area contributed by atoms with Crippen LogP contribution >= 0.6 is 0 Å². The van der Waals surface area contributed by atoms with Gasteiger partial charge < -0.3 is 16.4 Å². The second kappa shape index (κ2) is 10.0. The molecule has 1 aliphatic heterocycles. The molecule has 0 spiro atoms. The number of aliphatic imine (C=N–C) groups is 1. The normalized spacial score (nSPS) is 17.9. The van der Waals surface area contributed by atoms with Crippen molar-refractivity contribution in [2.75, 3.05) is 20.1 Å². The molecular formula is C20H30N8O. The molecule has 1 aliphatic rings. The number of carbonyl (C=O) groups is 1. The molecule has 1 aromatic carbocycles. The van der Waals surface area contributed by atoms with E-state index >= 15 is 0 Å². The molecule has 0 radical (unpaired) electrons. The third-order valence-corrected chi connectivity index (χ3v) is 5.21. The van der Waals surface area contributed by atoms with Crippen molar-refractivity contribution in [3.8, 4) is 0 Å². The first-order chi connectivity index (χ1) is 14.0. The summed E-state index contributed by atoms with van der Waals surface area (Å²) in [6, 6.07) is 8.47. The minimum atomic E-state index is -0.187. The third kappa shape index (κ3) is 6.02. The van der Waals surface area contributed by atoms with Crippen molar-refractivity contribution in [1.82, 2.24) is 30.3 Å². The highest BCUT2D eigenvalue weighted by Gasteiger charge is 2.23. The van der Waals surface area contributed by atoms with Crippen LogP contribution in [0.1, 0.15) is 29.8 Å². The largest absolute Gasteiger partial charge is 0.369 e. The zero-order valence-electron chi connectivity index (χ0n) is 17.1. The Morgan fingerprint density at radius 2 is 2.10 bits per heavy atom. The van der Waals surface area contributed by atoms with Crippen molar-refractivity contribution < 1.29 is 4.79 Å². The Kier molecular flexibility index (Phi) is 7.18. The fourth-order valence-electron chi connectivity index (χ4n) is 3.58. The van der Waals surface area contributed by atoms with Crippen molar-refractivity contribution in [2.45, 2.75) is 32.5 Å². The SMILES string of the molecule is CN=C(NCc1cccc(CN2CCCC(C(N)=O)C2)c1)NCc1ncnn1C. The minimum Gasteiger partial charge on any atom is -0.369 e. The average molecular weight is 399 g/mol. The van der Waals surface area contributed by atoms with Crippen LogP contribution in [0.25, 0.3) is 0 Å². The number of primary amides is 1. The molecular weight excluding hydrogens is 368 g/mol. The van der Waals surface area contributed by atoms with E-state index in [9.17, 15) is 4.79 Å². The van der Waals surface area contributed by atoms with Gasteiger partial charge >= 0.3 is 0 Å². The van der Waals surface area contributed by atoms with Crippen LogP contribution in [-0.4, -0.2) is 51.7 Å². The second-order valence-electron chi connectivity index (χ2n) is 7.38. The first kappa shape index (κ1) is 20.8. The smallest absolute Gasteiger partial charge is 0.221 e. The lowest BCUT2D eigenvalue weighted by Crippen LogP contribution is -2.40. The number of rotatable bonds is 7. The second-order valence-corrected chi connectivity index (χ2v) is 7.38. The Morgan fingerprint density at radius 3 is 2.83 bits per heavy atom. The molecule has 2 heterocycles. The molecule has 1 fully saturated rings. The summed E-state index contributed by atoms with van der Waals surface area (Å²) in [4.78, 5) is 22.3. The summed E-state index contributed by atoms with van der Waals surface area (Å²) in [5.74, 6) is 1.33. The van der Waals surface area contributed by atoms with Crippen molar-refractivity contribution in [3.63, 3.8) is 0 Å². The summed E-state index contributed by atoms with van der Waals surface area (Å²) in [7, 11) is 3.60. The number of carbonyl (C=O) groups excluding carboxylic acids is 1. The van der Waals surface area contributed by atoms with Crippen molar-refractivity contribution in [2.24, 2.45) is 23.7 Å². The lowest BCUT2D eigenvalue weighted by atomic mass is 9.97. The third-order valence-electron chi connectivity index (χ3n) is 5.21. The van der Waals surface area contributed by atoms with Gasteiger partial charge in [0.1, 0.15) is 12.2 Å². The number of nitrogens with one attached hydrogen (secondary N) is 2. The molecule has 156 valence electrons.